The van der Waals surface area contributed by atoms with Gasteiger partial charge in [-0.05, 0) is 24.3 Å². The van der Waals surface area contributed by atoms with Gasteiger partial charge in [0.1, 0.15) is 5.69 Å². The molecule has 1 heterocycles. The zero-order chi connectivity index (χ0) is 12.6. The average Bonchev–Trinajstić information content (AvgIpc) is 2.54. The molecule has 18 heavy (non-hydrogen) atoms. The molecule has 1 amide bonds. The van der Waals surface area contributed by atoms with Gasteiger partial charge in [-0.1, -0.05) is 11.6 Å². The van der Waals surface area contributed by atoms with Crippen LogP contribution in [0.2, 0.25) is 5.02 Å². The number of aromatic nitrogens is 1. The van der Waals surface area contributed by atoms with Crippen molar-refractivity contribution in [1.82, 2.24) is 4.57 Å². The number of nitrogens with two attached hydrogens (primary N) is 2. The van der Waals surface area contributed by atoms with Gasteiger partial charge in [0.05, 0.1) is 0 Å². The number of nitrogens with zero attached hydrogens (tertiary/aromatic N) is 2. The zero-order valence-electron chi connectivity index (χ0n) is 9.55. The summed E-state index contributed by atoms with van der Waals surface area (Å²) in [5.41, 5.74) is 11.7. The van der Waals surface area contributed by atoms with Crippen molar-refractivity contribution in [1.29, 1.82) is 0 Å². The Labute approximate surface area is 115 Å². The fourth-order valence-corrected chi connectivity index (χ4v) is 1.88. The molecular formula is C11H12Cl2N4O. The molecule has 0 saturated carbocycles. The molecular weight excluding hydrogens is 275 g/mol. The summed E-state index contributed by atoms with van der Waals surface area (Å²) in [7, 11) is 1.77. The Kier molecular flexibility index (Phi) is 4.21. The van der Waals surface area contributed by atoms with E-state index in [4.69, 9.17) is 23.1 Å². The number of amides is 1. The van der Waals surface area contributed by atoms with Gasteiger partial charge in [0.15, 0.2) is 5.96 Å². The Bertz CT molecular complexity index is 629. The van der Waals surface area contributed by atoms with E-state index in [1.807, 2.05) is 6.07 Å². The molecule has 0 atom stereocenters. The minimum absolute atomic E-state index is 0. The van der Waals surface area contributed by atoms with E-state index in [9.17, 15) is 4.79 Å². The lowest BCUT2D eigenvalue weighted by molar-refractivity contribution is 0.0995. The number of fused-ring (bicyclic) bond motifs is 1. The normalized spacial score (nSPS) is 9.89. The molecule has 5 nitrogen and oxygen atoms in total. The van der Waals surface area contributed by atoms with Crippen LogP contribution >= 0.6 is 24.0 Å². The second-order valence-corrected chi connectivity index (χ2v) is 4.07. The smallest absolute Gasteiger partial charge is 0.296 e. The van der Waals surface area contributed by atoms with Gasteiger partial charge >= 0.3 is 0 Å². The first-order chi connectivity index (χ1) is 7.99. The van der Waals surface area contributed by atoms with Crippen molar-refractivity contribution in [2.45, 2.75) is 0 Å². The molecule has 4 N–H and O–H groups in total. The highest BCUT2D eigenvalue weighted by Gasteiger charge is 2.12. The van der Waals surface area contributed by atoms with Crippen LogP contribution in [0.1, 0.15) is 10.5 Å². The van der Waals surface area contributed by atoms with Gasteiger partial charge in [-0.2, -0.15) is 4.99 Å². The molecule has 0 radical (unpaired) electrons. The molecule has 2 rings (SSSR count). The Morgan fingerprint density at radius 1 is 1.33 bits per heavy atom. The third-order valence-electron chi connectivity index (χ3n) is 2.45. The summed E-state index contributed by atoms with van der Waals surface area (Å²) in [4.78, 5) is 15.2. The maximum Gasteiger partial charge on any atom is 0.296 e. The number of hydrogen-bond acceptors (Lipinski definition) is 1. The predicted octanol–water partition coefficient (Wildman–Crippen LogP) is 1.67. The van der Waals surface area contributed by atoms with Crippen LogP contribution in [0.3, 0.4) is 0 Å². The van der Waals surface area contributed by atoms with Gasteiger partial charge in [-0.25, -0.2) is 0 Å². The molecule has 0 aliphatic carbocycles. The monoisotopic (exact) mass is 286 g/mol. The van der Waals surface area contributed by atoms with Crippen molar-refractivity contribution in [3.8, 4) is 0 Å². The van der Waals surface area contributed by atoms with Crippen LogP contribution in [0.25, 0.3) is 10.9 Å². The maximum absolute atomic E-state index is 11.7. The van der Waals surface area contributed by atoms with Crippen molar-refractivity contribution < 1.29 is 4.79 Å². The number of hydrogen-bond donors (Lipinski definition) is 2. The number of carbonyl (C=O) groups excluding carboxylic acids is 1. The first-order valence-electron chi connectivity index (χ1n) is 4.88. The summed E-state index contributed by atoms with van der Waals surface area (Å²) >= 11 is 5.88. The van der Waals surface area contributed by atoms with Crippen LogP contribution in [0.5, 0.6) is 0 Å². The molecule has 2 aromatic rings. The van der Waals surface area contributed by atoms with E-state index in [1.165, 1.54) is 0 Å². The fourth-order valence-electron chi connectivity index (χ4n) is 1.70. The molecule has 96 valence electrons. The zero-order valence-corrected chi connectivity index (χ0v) is 11.1. The largest absolute Gasteiger partial charge is 0.370 e. The number of aliphatic imine (C=N–C) groups is 1. The lowest BCUT2D eigenvalue weighted by Gasteiger charge is -2.00. The number of aryl methyl sites for hydroxylation is 1. The molecule has 0 saturated heterocycles. The number of benzene rings is 1. The van der Waals surface area contributed by atoms with Crippen molar-refractivity contribution >= 4 is 46.8 Å². The second kappa shape index (κ2) is 5.29. The van der Waals surface area contributed by atoms with Crippen LogP contribution in [-0.4, -0.2) is 16.4 Å². The third kappa shape index (κ3) is 2.57. The summed E-state index contributed by atoms with van der Waals surface area (Å²) in [5.74, 6) is -0.724. The predicted molar refractivity (Wildman–Crippen MR) is 75.3 cm³/mol. The number of guanidine groups is 1. The SMILES string of the molecule is Cl.Cn1c(C(=O)N=C(N)N)cc2cc(Cl)ccc21. The van der Waals surface area contributed by atoms with E-state index in [0.717, 1.165) is 10.9 Å². The van der Waals surface area contributed by atoms with Crippen LogP contribution < -0.4 is 11.5 Å². The van der Waals surface area contributed by atoms with Gasteiger partial charge < -0.3 is 16.0 Å². The highest BCUT2D eigenvalue weighted by molar-refractivity contribution is 6.31. The fraction of sp³-hybridized carbons (Fsp3) is 0.0909. The van der Waals surface area contributed by atoms with Crippen LogP contribution in [0.15, 0.2) is 29.3 Å². The van der Waals surface area contributed by atoms with Gasteiger partial charge in [-0.3, -0.25) is 4.79 Å². The van der Waals surface area contributed by atoms with Crippen molar-refractivity contribution in [2.24, 2.45) is 23.5 Å². The topological polar surface area (TPSA) is 86.4 Å². The molecule has 0 unspecified atom stereocenters. The van der Waals surface area contributed by atoms with E-state index in [1.54, 1.807) is 29.8 Å². The minimum atomic E-state index is -0.472. The standard InChI is InChI=1S/C11H11ClN4O.ClH/c1-16-8-3-2-7(12)4-6(8)5-9(16)10(17)15-11(13)14;/h2-5H,1H3,(H4,13,14,15,17);1H. The minimum Gasteiger partial charge on any atom is -0.370 e. The molecule has 0 fully saturated rings. The number of rotatable bonds is 1. The molecule has 1 aromatic heterocycles. The van der Waals surface area contributed by atoms with E-state index in [0.29, 0.717) is 10.7 Å². The lowest BCUT2D eigenvalue weighted by Crippen LogP contribution is -2.24. The molecule has 1 aromatic carbocycles. The average molecular weight is 287 g/mol. The summed E-state index contributed by atoms with van der Waals surface area (Å²) < 4.78 is 1.72. The Morgan fingerprint density at radius 2 is 2.00 bits per heavy atom. The van der Waals surface area contributed by atoms with Crippen molar-refractivity contribution in [3.05, 3.63) is 35.0 Å². The first kappa shape index (κ1) is 14.3. The Hall–Kier alpha value is -1.72. The molecule has 0 aliphatic rings. The molecule has 0 spiro atoms. The van der Waals surface area contributed by atoms with E-state index in [2.05, 4.69) is 4.99 Å². The van der Waals surface area contributed by atoms with Gasteiger partial charge in [0, 0.05) is 23.0 Å². The Morgan fingerprint density at radius 3 is 2.61 bits per heavy atom. The maximum atomic E-state index is 11.7. The summed E-state index contributed by atoms with van der Waals surface area (Å²) in [6.07, 6.45) is 0. The highest BCUT2D eigenvalue weighted by atomic mass is 35.5. The molecule has 7 heteroatoms. The summed E-state index contributed by atoms with van der Waals surface area (Å²) in [6.45, 7) is 0. The third-order valence-corrected chi connectivity index (χ3v) is 2.69. The lowest BCUT2D eigenvalue weighted by atomic mass is 10.2. The van der Waals surface area contributed by atoms with E-state index >= 15 is 0 Å². The quantitative estimate of drug-likeness (QED) is 0.618. The summed E-state index contributed by atoms with van der Waals surface area (Å²) in [5, 5.41) is 1.48. The van der Waals surface area contributed by atoms with Crippen LogP contribution in [0.4, 0.5) is 0 Å². The number of halogens is 2. The highest BCUT2D eigenvalue weighted by Crippen LogP contribution is 2.22. The second-order valence-electron chi connectivity index (χ2n) is 3.63. The molecule has 0 bridgehead atoms. The van der Waals surface area contributed by atoms with Gasteiger partial charge in [0.2, 0.25) is 0 Å². The first-order valence-corrected chi connectivity index (χ1v) is 5.26. The van der Waals surface area contributed by atoms with Gasteiger partial charge in [0.25, 0.3) is 5.91 Å². The van der Waals surface area contributed by atoms with Gasteiger partial charge in [-0.15, -0.1) is 12.4 Å². The van der Waals surface area contributed by atoms with Crippen molar-refractivity contribution in [2.75, 3.05) is 0 Å². The summed E-state index contributed by atoms with van der Waals surface area (Å²) in [6, 6.07) is 7.09. The van der Waals surface area contributed by atoms with Crippen LogP contribution in [0, 0.1) is 0 Å². The Balaban J connectivity index is 0.00000162. The molecule has 0 aliphatic heterocycles. The van der Waals surface area contributed by atoms with E-state index in [-0.39, 0.29) is 18.4 Å². The van der Waals surface area contributed by atoms with Crippen LogP contribution in [-0.2, 0) is 7.05 Å². The van der Waals surface area contributed by atoms with Crippen molar-refractivity contribution in [3.63, 3.8) is 0 Å². The number of carbonyl (C=O) groups is 1. The van der Waals surface area contributed by atoms with E-state index < -0.39 is 5.91 Å².